The third-order valence-electron chi connectivity index (χ3n) is 3.56. The number of halogens is 2. The predicted octanol–water partition coefficient (Wildman–Crippen LogP) is 0.321. The predicted molar refractivity (Wildman–Crippen MR) is 84.1 cm³/mol. The first-order valence-electron chi connectivity index (χ1n) is 7.28. The number of hydrogen-bond donors (Lipinski definition) is 2. The van der Waals surface area contributed by atoms with E-state index >= 15 is 0 Å². The molecule has 0 bridgehead atoms. The second-order valence-corrected chi connectivity index (χ2v) is 5.54. The molecule has 1 aromatic rings. The number of piperazine rings is 1. The molecule has 0 aromatic heterocycles. The maximum absolute atomic E-state index is 13.1. The average Bonchev–Trinajstić information content (AvgIpc) is 2.57. The third kappa shape index (κ3) is 4.35. The molecule has 9 heteroatoms. The van der Waals surface area contributed by atoms with E-state index in [0.717, 1.165) is 6.07 Å². The quantitative estimate of drug-likeness (QED) is 0.794. The summed E-state index contributed by atoms with van der Waals surface area (Å²) in [5.41, 5.74) is 0. The highest BCUT2D eigenvalue weighted by molar-refractivity contribution is 6.30. The molecule has 2 rings (SSSR count). The summed E-state index contributed by atoms with van der Waals surface area (Å²) in [6.07, 6.45) is -0.129. The molecule has 130 valence electrons. The summed E-state index contributed by atoms with van der Waals surface area (Å²) in [7, 11) is 1.45. The lowest BCUT2D eigenvalue weighted by molar-refractivity contribution is -0.146. The molecule has 0 saturated carbocycles. The number of carbonyl (C=O) groups is 3. The van der Waals surface area contributed by atoms with Crippen molar-refractivity contribution in [2.24, 2.45) is 0 Å². The fraction of sp³-hybridized carbons (Fsp3) is 0.400. The van der Waals surface area contributed by atoms with Gasteiger partial charge in [0.2, 0.25) is 11.8 Å². The van der Waals surface area contributed by atoms with Crippen LogP contribution in [0.1, 0.15) is 6.42 Å². The zero-order chi connectivity index (χ0) is 17.7. The van der Waals surface area contributed by atoms with Crippen LogP contribution in [0.3, 0.4) is 0 Å². The Bertz CT molecular complexity index is 656. The lowest BCUT2D eigenvalue weighted by Gasteiger charge is -2.34. The van der Waals surface area contributed by atoms with E-state index in [1.807, 2.05) is 0 Å². The second kappa shape index (κ2) is 7.96. The molecule has 1 aromatic carbocycles. The van der Waals surface area contributed by atoms with Gasteiger partial charge in [-0.25, -0.2) is 4.39 Å². The zero-order valence-corrected chi connectivity index (χ0v) is 13.7. The minimum Gasteiger partial charge on any atom is -0.484 e. The molecule has 1 atom stereocenters. The van der Waals surface area contributed by atoms with Crippen LogP contribution in [0.2, 0.25) is 5.02 Å². The van der Waals surface area contributed by atoms with Gasteiger partial charge in [0.25, 0.3) is 5.91 Å². The topological polar surface area (TPSA) is 87.7 Å². The van der Waals surface area contributed by atoms with Crippen LogP contribution in [-0.2, 0) is 14.4 Å². The van der Waals surface area contributed by atoms with Gasteiger partial charge in [0.1, 0.15) is 17.6 Å². The van der Waals surface area contributed by atoms with Crippen LogP contribution in [0, 0.1) is 5.82 Å². The molecule has 1 saturated heterocycles. The molecule has 1 unspecified atom stereocenters. The molecule has 1 aliphatic heterocycles. The van der Waals surface area contributed by atoms with Gasteiger partial charge in [-0.15, -0.1) is 0 Å². The lowest BCUT2D eigenvalue weighted by Crippen LogP contribution is -2.59. The SMILES string of the molecule is CNC(=O)CC1C(=O)NCCN1C(=O)COc1ccc(F)c(Cl)c1. The van der Waals surface area contributed by atoms with Gasteiger partial charge in [-0.1, -0.05) is 11.6 Å². The second-order valence-electron chi connectivity index (χ2n) is 5.14. The Kier molecular flexibility index (Phi) is 5.97. The Morgan fingerprint density at radius 3 is 2.92 bits per heavy atom. The highest BCUT2D eigenvalue weighted by atomic mass is 35.5. The molecule has 0 aliphatic carbocycles. The first-order valence-corrected chi connectivity index (χ1v) is 7.65. The maximum atomic E-state index is 13.1. The van der Waals surface area contributed by atoms with Crippen molar-refractivity contribution in [2.45, 2.75) is 12.5 Å². The molecule has 1 heterocycles. The molecule has 0 spiro atoms. The van der Waals surface area contributed by atoms with Gasteiger partial charge in [0.05, 0.1) is 11.4 Å². The average molecular weight is 358 g/mol. The summed E-state index contributed by atoms with van der Waals surface area (Å²) in [4.78, 5) is 37.1. The third-order valence-corrected chi connectivity index (χ3v) is 3.85. The van der Waals surface area contributed by atoms with Crippen molar-refractivity contribution in [3.63, 3.8) is 0 Å². The monoisotopic (exact) mass is 357 g/mol. The molecule has 1 fully saturated rings. The summed E-state index contributed by atoms with van der Waals surface area (Å²) in [5, 5.41) is 4.93. The van der Waals surface area contributed by atoms with Gasteiger partial charge in [-0.05, 0) is 12.1 Å². The fourth-order valence-electron chi connectivity index (χ4n) is 2.29. The Morgan fingerprint density at radius 1 is 1.50 bits per heavy atom. The highest BCUT2D eigenvalue weighted by Gasteiger charge is 2.34. The number of nitrogens with one attached hydrogen (secondary N) is 2. The molecule has 24 heavy (non-hydrogen) atoms. The lowest BCUT2D eigenvalue weighted by atomic mass is 10.1. The smallest absolute Gasteiger partial charge is 0.261 e. The Hall–Kier alpha value is -2.35. The minimum atomic E-state index is -0.883. The van der Waals surface area contributed by atoms with Crippen molar-refractivity contribution < 1.29 is 23.5 Å². The highest BCUT2D eigenvalue weighted by Crippen LogP contribution is 2.21. The molecule has 3 amide bonds. The summed E-state index contributed by atoms with van der Waals surface area (Å²) in [5.74, 6) is -1.53. The number of hydrogen-bond acceptors (Lipinski definition) is 4. The number of rotatable bonds is 5. The number of nitrogens with zero attached hydrogens (tertiary/aromatic N) is 1. The van der Waals surface area contributed by atoms with Crippen LogP contribution in [0.5, 0.6) is 5.75 Å². The molecule has 0 radical (unpaired) electrons. The summed E-state index contributed by atoms with van der Waals surface area (Å²) in [6.45, 7) is 0.233. The van der Waals surface area contributed by atoms with Gasteiger partial charge in [0.15, 0.2) is 6.61 Å². The first-order chi connectivity index (χ1) is 11.4. The van der Waals surface area contributed by atoms with E-state index in [-0.39, 0.29) is 42.2 Å². The van der Waals surface area contributed by atoms with Gasteiger partial charge < -0.3 is 20.3 Å². The standard InChI is InChI=1S/C15H17ClFN3O4/c1-18-13(21)7-12-15(23)19-4-5-20(12)14(22)8-24-9-2-3-11(17)10(16)6-9/h2-3,6,12H,4-5,7-8H2,1H3,(H,18,21)(H,19,23). The molecular formula is C15H17ClFN3O4. The fourth-order valence-corrected chi connectivity index (χ4v) is 2.46. The van der Waals surface area contributed by atoms with E-state index in [1.54, 1.807) is 0 Å². The van der Waals surface area contributed by atoms with Gasteiger partial charge in [-0.3, -0.25) is 14.4 Å². The minimum absolute atomic E-state index is 0.116. The Balaban J connectivity index is 2.01. The zero-order valence-electron chi connectivity index (χ0n) is 13.0. The van der Waals surface area contributed by atoms with Crippen LogP contribution >= 0.6 is 11.6 Å². The summed E-state index contributed by atoms with van der Waals surface area (Å²) < 4.78 is 18.4. The number of benzene rings is 1. The van der Waals surface area contributed by atoms with Crippen LogP contribution in [0.15, 0.2) is 18.2 Å². The van der Waals surface area contributed by atoms with Crippen LogP contribution in [-0.4, -0.2) is 55.4 Å². The van der Waals surface area contributed by atoms with Gasteiger partial charge in [-0.2, -0.15) is 0 Å². The molecule has 1 aliphatic rings. The van der Waals surface area contributed by atoms with E-state index < -0.39 is 17.8 Å². The maximum Gasteiger partial charge on any atom is 0.261 e. The van der Waals surface area contributed by atoms with Crippen LogP contribution < -0.4 is 15.4 Å². The largest absolute Gasteiger partial charge is 0.484 e. The van der Waals surface area contributed by atoms with Crippen molar-refractivity contribution >= 4 is 29.3 Å². The van der Waals surface area contributed by atoms with Gasteiger partial charge >= 0.3 is 0 Å². The van der Waals surface area contributed by atoms with Crippen molar-refractivity contribution in [3.8, 4) is 5.75 Å². The summed E-state index contributed by atoms with van der Waals surface area (Å²) in [6, 6.07) is 2.85. The number of ether oxygens (including phenoxy) is 1. The van der Waals surface area contributed by atoms with E-state index in [9.17, 15) is 18.8 Å². The normalized spacial score (nSPS) is 17.2. The van der Waals surface area contributed by atoms with E-state index in [0.29, 0.717) is 6.54 Å². The van der Waals surface area contributed by atoms with Crippen molar-refractivity contribution in [2.75, 3.05) is 26.7 Å². The Labute approximate surface area is 143 Å². The van der Waals surface area contributed by atoms with Crippen molar-refractivity contribution in [1.82, 2.24) is 15.5 Å². The van der Waals surface area contributed by atoms with Crippen molar-refractivity contribution in [1.29, 1.82) is 0 Å². The molecule has 2 N–H and O–H groups in total. The number of amides is 3. The molecule has 7 nitrogen and oxygen atoms in total. The van der Waals surface area contributed by atoms with E-state index in [2.05, 4.69) is 10.6 Å². The van der Waals surface area contributed by atoms with Crippen molar-refractivity contribution in [3.05, 3.63) is 29.0 Å². The van der Waals surface area contributed by atoms with E-state index in [4.69, 9.17) is 16.3 Å². The summed E-state index contributed by atoms with van der Waals surface area (Å²) >= 11 is 5.65. The van der Waals surface area contributed by atoms with Crippen LogP contribution in [0.4, 0.5) is 4.39 Å². The molecular weight excluding hydrogens is 341 g/mol. The van der Waals surface area contributed by atoms with E-state index in [1.165, 1.54) is 24.1 Å². The first kappa shape index (κ1) is 18.0. The Morgan fingerprint density at radius 2 is 2.25 bits per heavy atom. The number of carbonyl (C=O) groups excluding carboxylic acids is 3. The van der Waals surface area contributed by atoms with Gasteiger partial charge in [0, 0.05) is 26.2 Å². The van der Waals surface area contributed by atoms with Crippen LogP contribution in [0.25, 0.3) is 0 Å².